The molecule has 9 N–H and O–H groups in total. The first-order valence-corrected chi connectivity index (χ1v) is 22.9. The van der Waals surface area contributed by atoms with Gasteiger partial charge in [-0.1, -0.05) is 65.7 Å². The Morgan fingerprint density at radius 3 is 2.06 bits per heavy atom. The molecule has 2 saturated heterocycles. The van der Waals surface area contributed by atoms with E-state index in [0.29, 0.717) is 44.9 Å². The Morgan fingerprint density at radius 1 is 0.778 bits per heavy atom. The number of ether oxygens (including phenoxy) is 5. The molecular formula is C47H74O16. The van der Waals surface area contributed by atoms with Gasteiger partial charge in [0.05, 0.1) is 36.4 Å². The van der Waals surface area contributed by atoms with Gasteiger partial charge < -0.3 is 69.6 Å². The Hall–Kier alpha value is -2.06. The number of hydrogen-bond donors (Lipinski definition) is 9. The van der Waals surface area contributed by atoms with Gasteiger partial charge in [0.15, 0.2) is 18.7 Å². The molecule has 2 heterocycles. The fraction of sp³-hybridized carbons (Fsp3) is 0.872. The minimum Gasteiger partial charge on any atom is -0.479 e. The third kappa shape index (κ3) is 7.40. The number of esters is 1. The predicted molar refractivity (Wildman–Crippen MR) is 224 cm³/mol. The molecular weight excluding hydrogens is 821 g/mol. The zero-order valence-electron chi connectivity index (χ0n) is 38.5. The van der Waals surface area contributed by atoms with Crippen LogP contribution in [-0.4, -0.2) is 150 Å². The Labute approximate surface area is 370 Å². The molecule has 7 rings (SSSR count). The Bertz CT molecular complexity index is 1810. The second-order valence-electron chi connectivity index (χ2n) is 22.6. The van der Waals surface area contributed by atoms with Crippen molar-refractivity contribution in [3.8, 4) is 0 Å². The molecule has 0 unspecified atom stereocenters. The minimum atomic E-state index is -1.94. The molecule has 0 bridgehead atoms. The number of carbonyl (C=O) groups is 2. The summed E-state index contributed by atoms with van der Waals surface area (Å²) in [6, 6.07) is 0. The summed E-state index contributed by atoms with van der Waals surface area (Å²) in [6.07, 6.45) is -12.5. The highest BCUT2D eigenvalue weighted by Gasteiger charge is 2.74. The maximum Gasteiger partial charge on any atom is 0.335 e. The molecule has 6 fully saturated rings. The normalized spacial score (nSPS) is 51.3. The molecule has 0 spiro atoms. The van der Waals surface area contributed by atoms with Gasteiger partial charge in [0.1, 0.15) is 42.7 Å². The van der Waals surface area contributed by atoms with Crippen LogP contribution in [0.1, 0.15) is 114 Å². The number of carbonyl (C=O) groups excluding carboxylic acids is 1. The first kappa shape index (κ1) is 48.9. The number of carboxylic acids is 1. The van der Waals surface area contributed by atoms with Gasteiger partial charge in [0.25, 0.3) is 0 Å². The first-order chi connectivity index (χ1) is 29.1. The van der Waals surface area contributed by atoms with Crippen molar-refractivity contribution in [3.05, 3.63) is 23.3 Å². The SMILES string of the molecule is CC(C)=CC(=O)O[C@H]1CC(C)(C)C[C@H]2C3=CC[C@@H]4[C@@]5(C)CC[C@H](O[C@@H]6O[C@H](C(=O)O)[C@@H](O)[C@H](O)[C@H]6O[C@@H]6O[C@@H](C)[C@H](O)[C@@H](O)[C@H]6O)C(C)(C)[C@@H]5CC[C@@]4(C)[C@]3(C)[C@@H](O)[C@@H](O)[C@@]12CO. The second-order valence-corrected chi connectivity index (χ2v) is 22.6. The highest BCUT2D eigenvalue weighted by molar-refractivity contribution is 5.82. The summed E-state index contributed by atoms with van der Waals surface area (Å²) in [5.74, 6) is -2.41. The molecule has 0 aromatic carbocycles. The molecule has 0 amide bonds. The van der Waals surface area contributed by atoms with Crippen LogP contribution in [0.25, 0.3) is 0 Å². The number of aliphatic carboxylic acids is 1. The summed E-state index contributed by atoms with van der Waals surface area (Å²) >= 11 is 0. The third-order valence-corrected chi connectivity index (χ3v) is 18.0. The van der Waals surface area contributed by atoms with Crippen LogP contribution >= 0.6 is 0 Å². The van der Waals surface area contributed by atoms with Crippen LogP contribution in [0, 0.1) is 50.2 Å². The van der Waals surface area contributed by atoms with E-state index in [1.54, 1.807) is 13.8 Å². The molecule has 2 aliphatic heterocycles. The van der Waals surface area contributed by atoms with Gasteiger partial charge in [-0.3, -0.25) is 0 Å². The molecule has 4 saturated carbocycles. The van der Waals surface area contributed by atoms with Gasteiger partial charge >= 0.3 is 11.9 Å². The van der Waals surface area contributed by atoms with Gasteiger partial charge in [-0.25, -0.2) is 9.59 Å². The quantitative estimate of drug-likeness (QED) is 0.0733. The molecule has 5 aliphatic carbocycles. The topological polar surface area (TPSA) is 262 Å². The van der Waals surface area contributed by atoms with E-state index in [2.05, 4.69) is 54.5 Å². The van der Waals surface area contributed by atoms with Crippen molar-refractivity contribution >= 4 is 11.9 Å². The lowest BCUT2D eigenvalue weighted by molar-refractivity contribution is -0.372. The summed E-state index contributed by atoms with van der Waals surface area (Å²) < 4.78 is 30.3. The molecule has 16 heteroatoms. The van der Waals surface area contributed by atoms with E-state index >= 15 is 0 Å². The molecule has 0 aromatic heterocycles. The van der Waals surface area contributed by atoms with Gasteiger partial charge in [0, 0.05) is 11.5 Å². The Kier molecular flexibility index (Phi) is 12.9. The second kappa shape index (κ2) is 16.6. The number of allylic oxidation sites excluding steroid dienone is 2. The van der Waals surface area contributed by atoms with E-state index in [-0.39, 0.29) is 28.6 Å². The Balaban J connectivity index is 1.19. The fourth-order valence-corrected chi connectivity index (χ4v) is 14.5. The van der Waals surface area contributed by atoms with Crippen molar-refractivity contribution < 1.29 is 79.2 Å². The number of aliphatic hydroxyl groups excluding tert-OH is 8. The zero-order chi connectivity index (χ0) is 46.7. The third-order valence-electron chi connectivity index (χ3n) is 18.0. The van der Waals surface area contributed by atoms with Crippen LogP contribution < -0.4 is 0 Å². The van der Waals surface area contributed by atoms with Crippen LogP contribution in [0.4, 0.5) is 0 Å². The average Bonchev–Trinajstić information content (AvgIpc) is 3.18. The highest BCUT2D eigenvalue weighted by atomic mass is 16.8. The molecule has 7 aliphatic rings. The molecule has 0 radical (unpaired) electrons. The molecule has 358 valence electrons. The van der Waals surface area contributed by atoms with Crippen LogP contribution in [-0.2, 0) is 33.3 Å². The largest absolute Gasteiger partial charge is 0.479 e. The highest BCUT2D eigenvalue weighted by Crippen LogP contribution is 2.76. The lowest BCUT2D eigenvalue weighted by Crippen LogP contribution is -2.74. The summed E-state index contributed by atoms with van der Waals surface area (Å²) in [6.45, 7) is 19.6. The van der Waals surface area contributed by atoms with E-state index in [0.717, 1.165) is 11.1 Å². The van der Waals surface area contributed by atoms with Gasteiger partial charge in [0.2, 0.25) is 0 Å². The smallest absolute Gasteiger partial charge is 0.335 e. The van der Waals surface area contributed by atoms with Crippen LogP contribution in [0.15, 0.2) is 23.3 Å². The molecule has 63 heavy (non-hydrogen) atoms. The van der Waals surface area contributed by atoms with Gasteiger partial charge in [-0.2, -0.15) is 0 Å². The van der Waals surface area contributed by atoms with E-state index in [9.17, 15) is 55.5 Å². The van der Waals surface area contributed by atoms with Crippen LogP contribution in [0.3, 0.4) is 0 Å². The summed E-state index contributed by atoms with van der Waals surface area (Å²) in [5.41, 5.74) is -2.25. The number of fused-ring (bicyclic) bond motifs is 7. The maximum atomic E-state index is 13.2. The van der Waals surface area contributed by atoms with Crippen molar-refractivity contribution in [3.63, 3.8) is 0 Å². The van der Waals surface area contributed by atoms with E-state index in [1.807, 2.05) is 0 Å². The monoisotopic (exact) mass is 894 g/mol. The predicted octanol–water partition coefficient (Wildman–Crippen LogP) is 2.34. The van der Waals surface area contributed by atoms with Crippen molar-refractivity contribution in [2.45, 2.75) is 200 Å². The maximum absolute atomic E-state index is 13.2. The Morgan fingerprint density at radius 2 is 1.44 bits per heavy atom. The lowest BCUT2D eigenvalue weighted by atomic mass is 9.32. The standard InChI is InChI=1S/C47H74O16/c1-21(2)17-29(49)60-28-19-42(4,5)18-24-23-11-12-26-44(8)15-14-27(43(6,7)25(44)13-16-45(26,9)46(23,10)37(55)38(56)47(24,28)20-48)61-41-36(33(53)32(52)35(62-41)39(57)58)63-40-34(54)31(51)30(50)22(3)59-40/h11,17,22,24-28,30-38,40-41,48,50-56H,12-16,18-20H2,1-10H3,(H,57,58)/t22-,24-,25-,26+,27-,28-,30-,31+,32-,33-,34+,35-,36+,37-,38+,40-,41+,44-,45+,46-,47+/m0/s1. The molecule has 16 nitrogen and oxygen atoms in total. The zero-order valence-corrected chi connectivity index (χ0v) is 38.5. The van der Waals surface area contributed by atoms with E-state index < -0.39 is 126 Å². The minimum absolute atomic E-state index is 0.0183. The summed E-state index contributed by atoms with van der Waals surface area (Å²) in [7, 11) is 0. The number of hydrogen-bond acceptors (Lipinski definition) is 15. The van der Waals surface area contributed by atoms with Gasteiger partial charge in [-0.05, 0) is 105 Å². The number of aliphatic hydroxyl groups is 8. The molecule has 21 atom stereocenters. The van der Waals surface area contributed by atoms with Crippen molar-refractivity contribution in [2.24, 2.45) is 50.2 Å². The number of rotatable bonds is 8. The van der Waals surface area contributed by atoms with E-state index in [4.69, 9.17) is 23.7 Å². The van der Waals surface area contributed by atoms with Crippen LogP contribution in [0.2, 0.25) is 0 Å². The first-order valence-electron chi connectivity index (χ1n) is 22.9. The lowest BCUT2D eigenvalue weighted by Gasteiger charge is -2.73. The van der Waals surface area contributed by atoms with Crippen molar-refractivity contribution in [2.75, 3.05) is 6.61 Å². The van der Waals surface area contributed by atoms with Gasteiger partial charge in [-0.15, -0.1) is 0 Å². The average molecular weight is 895 g/mol. The number of carboxylic acid groups (broad SMARTS) is 1. The van der Waals surface area contributed by atoms with Crippen molar-refractivity contribution in [1.82, 2.24) is 0 Å². The fourth-order valence-electron chi connectivity index (χ4n) is 14.5. The molecule has 0 aromatic rings. The summed E-state index contributed by atoms with van der Waals surface area (Å²) in [4.78, 5) is 25.4. The summed E-state index contributed by atoms with van der Waals surface area (Å²) in [5, 5.41) is 100. The van der Waals surface area contributed by atoms with E-state index in [1.165, 1.54) is 13.0 Å². The van der Waals surface area contributed by atoms with Crippen LogP contribution in [0.5, 0.6) is 0 Å². The van der Waals surface area contributed by atoms with Crippen molar-refractivity contribution in [1.29, 1.82) is 0 Å².